The van der Waals surface area contributed by atoms with Crippen LogP contribution in [0.4, 0.5) is 5.69 Å². The van der Waals surface area contributed by atoms with E-state index in [0.29, 0.717) is 0 Å². The van der Waals surface area contributed by atoms with Crippen molar-refractivity contribution in [1.29, 1.82) is 0 Å². The highest BCUT2D eigenvalue weighted by atomic mass is 16.2. The summed E-state index contributed by atoms with van der Waals surface area (Å²) in [5, 5.41) is 8.90. The summed E-state index contributed by atoms with van der Waals surface area (Å²) in [4.78, 5) is 0. The number of aliphatic hydroxyl groups excluding tert-OH is 1. The highest BCUT2D eigenvalue weighted by Gasteiger charge is 2.37. The topological polar surface area (TPSA) is 46.2 Å². The molecular formula is C16H27NO. The summed E-state index contributed by atoms with van der Waals surface area (Å²) in [6, 6.07) is 8.19. The van der Waals surface area contributed by atoms with Gasteiger partial charge in [0, 0.05) is 12.3 Å². The second-order valence-corrected chi connectivity index (χ2v) is 6.32. The normalized spacial score (nSPS) is 12.7. The zero-order chi connectivity index (χ0) is 13.8. The summed E-state index contributed by atoms with van der Waals surface area (Å²) in [5.74, 6) is 0. The molecule has 0 saturated carbocycles. The zero-order valence-corrected chi connectivity index (χ0v) is 12.2. The van der Waals surface area contributed by atoms with Gasteiger partial charge in [0.1, 0.15) is 0 Å². The van der Waals surface area contributed by atoms with Gasteiger partial charge < -0.3 is 10.8 Å². The van der Waals surface area contributed by atoms with E-state index in [4.69, 9.17) is 10.8 Å². The van der Waals surface area contributed by atoms with Crippen LogP contribution in [0.3, 0.4) is 0 Å². The van der Waals surface area contributed by atoms with Crippen LogP contribution in [0.2, 0.25) is 0 Å². The predicted molar refractivity (Wildman–Crippen MR) is 78.6 cm³/mol. The van der Waals surface area contributed by atoms with Crippen molar-refractivity contribution in [2.45, 2.75) is 52.4 Å². The standard InChI is InChI=1S/C16H27NO/c1-15(2,10-5-6-11-18)16(3,4)13-8-7-9-14(17)12-13/h7-9,12,18H,5-6,10-11,17H2,1-4H3. The van der Waals surface area contributed by atoms with Gasteiger partial charge in [-0.3, -0.25) is 0 Å². The molecule has 0 aliphatic carbocycles. The maximum absolute atomic E-state index is 8.90. The van der Waals surface area contributed by atoms with Gasteiger partial charge in [-0.25, -0.2) is 0 Å². The summed E-state index contributed by atoms with van der Waals surface area (Å²) in [5.41, 5.74) is 8.25. The zero-order valence-electron chi connectivity index (χ0n) is 12.2. The maximum Gasteiger partial charge on any atom is 0.0431 e. The first-order valence-electron chi connectivity index (χ1n) is 6.78. The molecule has 0 aliphatic heterocycles. The molecule has 0 aromatic heterocycles. The average Bonchev–Trinajstić information content (AvgIpc) is 2.29. The Morgan fingerprint density at radius 3 is 2.33 bits per heavy atom. The van der Waals surface area contributed by atoms with Gasteiger partial charge in [0.25, 0.3) is 0 Å². The molecule has 0 fully saturated rings. The van der Waals surface area contributed by atoms with Gasteiger partial charge in [-0.05, 0) is 41.4 Å². The predicted octanol–water partition coefficient (Wildman–Crippen LogP) is 3.74. The van der Waals surface area contributed by atoms with E-state index in [1.807, 2.05) is 12.1 Å². The lowest BCUT2D eigenvalue weighted by Gasteiger charge is -2.42. The van der Waals surface area contributed by atoms with E-state index in [1.54, 1.807) is 0 Å². The van der Waals surface area contributed by atoms with Gasteiger partial charge in [-0.2, -0.15) is 0 Å². The number of rotatable bonds is 6. The van der Waals surface area contributed by atoms with E-state index in [2.05, 4.69) is 39.8 Å². The van der Waals surface area contributed by atoms with Crippen LogP contribution in [0.5, 0.6) is 0 Å². The summed E-state index contributed by atoms with van der Waals surface area (Å²) in [6.07, 6.45) is 3.06. The Hall–Kier alpha value is -1.02. The van der Waals surface area contributed by atoms with Crippen LogP contribution in [-0.2, 0) is 5.41 Å². The third kappa shape index (κ3) is 3.26. The molecule has 1 rings (SSSR count). The number of nitrogen functional groups attached to an aromatic ring is 1. The Morgan fingerprint density at radius 1 is 1.11 bits per heavy atom. The van der Waals surface area contributed by atoms with Crippen molar-refractivity contribution in [3.63, 3.8) is 0 Å². The molecule has 0 unspecified atom stereocenters. The van der Waals surface area contributed by atoms with Crippen molar-refractivity contribution in [3.8, 4) is 0 Å². The summed E-state index contributed by atoms with van der Waals surface area (Å²) in [6.45, 7) is 9.44. The summed E-state index contributed by atoms with van der Waals surface area (Å²) < 4.78 is 0. The van der Waals surface area contributed by atoms with E-state index >= 15 is 0 Å². The largest absolute Gasteiger partial charge is 0.399 e. The second kappa shape index (κ2) is 5.75. The van der Waals surface area contributed by atoms with Crippen molar-refractivity contribution in [3.05, 3.63) is 29.8 Å². The quantitative estimate of drug-likeness (QED) is 0.596. The number of benzene rings is 1. The lowest BCUT2D eigenvalue weighted by atomic mass is 9.62. The Kier molecular flexibility index (Phi) is 4.80. The number of hydrogen-bond acceptors (Lipinski definition) is 2. The van der Waals surface area contributed by atoms with Gasteiger partial charge in [-0.1, -0.05) is 46.2 Å². The molecule has 0 amide bonds. The van der Waals surface area contributed by atoms with Gasteiger partial charge in [0.15, 0.2) is 0 Å². The van der Waals surface area contributed by atoms with Gasteiger partial charge in [0.05, 0.1) is 0 Å². The molecule has 18 heavy (non-hydrogen) atoms. The minimum absolute atomic E-state index is 0.0673. The van der Waals surface area contributed by atoms with Crippen molar-refractivity contribution in [2.24, 2.45) is 5.41 Å². The van der Waals surface area contributed by atoms with E-state index in [-0.39, 0.29) is 17.4 Å². The molecule has 0 radical (unpaired) electrons. The number of anilines is 1. The van der Waals surface area contributed by atoms with Crippen LogP contribution in [0, 0.1) is 5.41 Å². The van der Waals surface area contributed by atoms with Crippen molar-refractivity contribution < 1.29 is 5.11 Å². The van der Waals surface area contributed by atoms with Crippen molar-refractivity contribution in [1.82, 2.24) is 0 Å². The molecule has 102 valence electrons. The monoisotopic (exact) mass is 249 g/mol. The van der Waals surface area contributed by atoms with E-state index < -0.39 is 0 Å². The smallest absolute Gasteiger partial charge is 0.0431 e. The van der Waals surface area contributed by atoms with E-state index in [9.17, 15) is 0 Å². The van der Waals surface area contributed by atoms with Gasteiger partial charge in [-0.15, -0.1) is 0 Å². The molecular weight excluding hydrogens is 222 g/mol. The molecule has 0 atom stereocenters. The van der Waals surface area contributed by atoms with Crippen LogP contribution in [0.1, 0.15) is 52.5 Å². The van der Waals surface area contributed by atoms with E-state index in [1.165, 1.54) is 5.56 Å². The number of nitrogens with two attached hydrogens (primary N) is 1. The Morgan fingerprint density at radius 2 is 1.78 bits per heavy atom. The molecule has 1 aromatic carbocycles. The fourth-order valence-electron chi connectivity index (χ4n) is 2.31. The highest BCUT2D eigenvalue weighted by molar-refractivity contribution is 5.43. The third-order valence-electron chi connectivity index (χ3n) is 4.51. The van der Waals surface area contributed by atoms with Gasteiger partial charge in [0.2, 0.25) is 0 Å². The molecule has 3 N–H and O–H groups in total. The van der Waals surface area contributed by atoms with Crippen LogP contribution in [0.15, 0.2) is 24.3 Å². The molecule has 0 spiro atoms. The number of unbranched alkanes of at least 4 members (excludes halogenated alkanes) is 1. The molecule has 2 nitrogen and oxygen atoms in total. The van der Waals surface area contributed by atoms with E-state index in [0.717, 1.165) is 24.9 Å². The molecule has 0 heterocycles. The van der Waals surface area contributed by atoms with Crippen LogP contribution in [-0.4, -0.2) is 11.7 Å². The number of hydrogen-bond donors (Lipinski definition) is 2. The van der Waals surface area contributed by atoms with Gasteiger partial charge >= 0.3 is 0 Å². The SMILES string of the molecule is CC(C)(CCCCO)C(C)(C)c1cccc(N)c1. The summed E-state index contributed by atoms with van der Waals surface area (Å²) >= 11 is 0. The maximum atomic E-state index is 8.90. The molecule has 0 saturated heterocycles. The van der Waals surface area contributed by atoms with Crippen LogP contribution >= 0.6 is 0 Å². The minimum atomic E-state index is 0.0673. The molecule has 0 bridgehead atoms. The lowest BCUT2D eigenvalue weighted by molar-refractivity contribution is 0.168. The fraction of sp³-hybridized carbons (Fsp3) is 0.625. The Labute approximate surface area is 111 Å². The molecule has 0 aliphatic rings. The van der Waals surface area contributed by atoms with Crippen molar-refractivity contribution >= 4 is 5.69 Å². The highest BCUT2D eigenvalue weighted by Crippen LogP contribution is 2.44. The minimum Gasteiger partial charge on any atom is -0.399 e. The Bertz CT molecular complexity index is 382. The third-order valence-corrected chi connectivity index (χ3v) is 4.51. The number of aliphatic hydroxyl groups is 1. The first kappa shape index (κ1) is 15.0. The second-order valence-electron chi connectivity index (χ2n) is 6.32. The van der Waals surface area contributed by atoms with Crippen molar-refractivity contribution in [2.75, 3.05) is 12.3 Å². The first-order chi connectivity index (χ1) is 8.31. The first-order valence-corrected chi connectivity index (χ1v) is 6.78. The summed E-state index contributed by atoms with van der Waals surface area (Å²) in [7, 11) is 0. The average molecular weight is 249 g/mol. The van der Waals surface area contributed by atoms with Crippen LogP contribution < -0.4 is 5.73 Å². The lowest BCUT2D eigenvalue weighted by Crippen LogP contribution is -2.36. The fourth-order valence-corrected chi connectivity index (χ4v) is 2.31. The molecule has 1 aromatic rings. The van der Waals surface area contributed by atoms with Crippen LogP contribution in [0.25, 0.3) is 0 Å². The Balaban J connectivity index is 2.90. The molecule has 2 heteroatoms.